The number of benzene rings is 1. The van der Waals surface area contributed by atoms with Gasteiger partial charge >= 0.3 is 6.18 Å². The van der Waals surface area contributed by atoms with Crippen molar-refractivity contribution in [2.45, 2.75) is 31.2 Å². The van der Waals surface area contributed by atoms with Crippen LogP contribution in [0.1, 0.15) is 30.0 Å². The van der Waals surface area contributed by atoms with Gasteiger partial charge in [-0.3, -0.25) is 9.69 Å². The second-order valence-corrected chi connectivity index (χ2v) is 5.83. The molecule has 4 nitrogen and oxygen atoms in total. The minimum absolute atomic E-state index is 0.267. The Hall–Kier alpha value is -1.86. The van der Waals surface area contributed by atoms with Crippen molar-refractivity contribution < 1.29 is 23.1 Å². The molecule has 0 bridgehead atoms. The molecule has 132 valence electrons. The Morgan fingerprint density at radius 1 is 1.38 bits per heavy atom. The summed E-state index contributed by atoms with van der Waals surface area (Å²) in [6, 6.07) is 3.90. The average Bonchev–Trinajstić information content (AvgIpc) is 2.52. The standard InChI is InChI=1S/C17H21F3N2O2/c1-2-3-4-14(23)11-22-10-9-21-16(24)15(22)12-5-7-13(8-6-12)17(18,19)20/h2,5-8,14-15,23H,1,3-4,9-11H2,(H,21,24). The fourth-order valence-electron chi connectivity index (χ4n) is 2.80. The molecule has 0 radical (unpaired) electrons. The number of allylic oxidation sites excluding steroid dienone is 1. The zero-order valence-corrected chi connectivity index (χ0v) is 13.2. The van der Waals surface area contributed by atoms with E-state index >= 15 is 0 Å². The Bertz CT molecular complexity index is 572. The SMILES string of the molecule is C=CCCC(O)CN1CCNC(=O)C1c1ccc(C(F)(F)F)cc1. The molecule has 7 heteroatoms. The summed E-state index contributed by atoms with van der Waals surface area (Å²) in [7, 11) is 0. The van der Waals surface area contributed by atoms with Gasteiger partial charge in [-0.1, -0.05) is 18.2 Å². The Labute approximate surface area is 139 Å². The first-order valence-electron chi connectivity index (χ1n) is 7.81. The zero-order chi connectivity index (χ0) is 17.7. The molecule has 0 saturated carbocycles. The number of hydrogen-bond acceptors (Lipinski definition) is 3. The molecular weight excluding hydrogens is 321 g/mol. The van der Waals surface area contributed by atoms with Gasteiger partial charge in [0.25, 0.3) is 0 Å². The highest BCUT2D eigenvalue weighted by molar-refractivity contribution is 5.83. The number of aliphatic hydroxyl groups excluding tert-OH is 1. The number of alkyl halides is 3. The van der Waals surface area contributed by atoms with Crippen LogP contribution in [0.3, 0.4) is 0 Å². The van der Waals surface area contributed by atoms with E-state index in [1.54, 1.807) is 11.0 Å². The zero-order valence-electron chi connectivity index (χ0n) is 13.2. The second-order valence-electron chi connectivity index (χ2n) is 5.83. The molecule has 1 fully saturated rings. The maximum atomic E-state index is 12.7. The van der Waals surface area contributed by atoms with Gasteiger partial charge in [-0.15, -0.1) is 6.58 Å². The van der Waals surface area contributed by atoms with Crippen molar-refractivity contribution >= 4 is 5.91 Å². The van der Waals surface area contributed by atoms with Crippen LogP contribution in [0.15, 0.2) is 36.9 Å². The summed E-state index contributed by atoms with van der Waals surface area (Å²) in [5, 5.41) is 12.8. The lowest BCUT2D eigenvalue weighted by atomic mass is 10.00. The molecule has 1 aliphatic rings. The van der Waals surface area contributed by atoms with Crippen LogP contribution in [0.2, 0.25) is 0 Å². The smallest absolute Gasteiger partial charge is 0.392 e. The summed E-state index contributed by atoms with van der Waals surface area (Å²) < 4.78 is 38.0. The summed E-state index contributed by atoms with van der Waals surface area (Å²) in [5.74, 6) is -0.267. The Morgan fingerprint density at radius 2 is 2.04 bits per heavy atom. The number of hydrogen-bond donors (Lipinski definition) is 2. The van der Waals surface area contributed by atoms with Crippen LogP contribution < -0.4 is 5.32 Å². The van der Waals surface area contributed by atoms with E-state index in [2.05, 4.69) is 11.9 Å². The molecule has 1 heterocycles. The first kappa shape index (κ1) is 18.5. The highest BCUT2D eigenvalue weighted by atomic mass is 19.4. The summed E-state index contributed by atoms with van der Waals surface area (Å²) >= 11 is 0. The lowest BCUT2D eigenvalue weighted by Gasteiger charge is -2.36. The fourth-order valence-corrected chi connectivity index (χ4v) is 2.80. The van der Waals surface area contributed by atoms with E-state index in [1.165, 1.54) is 12.1 Å². The summed E-state index contributed by atoms with van der Waals surface area (Å²) in [6.45, 7) is 4.86. The number of nitrogens with zero attached hydrogens (tertiary/aromatic N) is 1. The third kappa shape index (κ3) is 4.58. The van der Waals surface area contributed by atoms with Gasteiger partial charge in [-0.05, 0) is 30.5 Å². The Kier molecular flexibility index (Phi) is 6.01. The van der Waals surface area contributed by atoms with Crippen LogP contribution >= 0.6 is 0 Å². The highest BCUT2D eigenvalue weighted by Gasteiger charge is 2.34. The number of aliphatic hydroxyl groups is 1. The normalized spacial score (nSPS) is 20.5. The Morgan fingerprint density at radius 3 is 2.62 bits per heavy atom. The van der Waals surface area contributed by atoms with Gasteiger partial charge in [0.2, 0.25) is 5.91 Å². The number of halogens is 3. The number of carbonyl (C=O) groups excluding carboxylic acids is 1. The second kappa shape index (κ2) is 7.81. The van der Waals surface area contributed by atoms with E-state index in [0.29, 0.717) is 31.5 Å². The van der Waals surface area contributed by atoms with Gasteiger partial charge in [-0.25, -0.2) is 0 Å². The molecule has 1 aliphatic heterocycles. The minimum atomic E-state index is -4.41. The first-order chi connectivity index (χ1) is 11.3. The van der Waals surface area contributed by atoms with Gasteiger partial charge in [0.1, 0.15) is 6.04 Å². The minimum Gasteiger partial charge on any atom is -0.392 e. The number of rotatable bonds is 6. The van der Waals surface area contributed by atoms with Crippen molar-refractivity contribution in [3.05, 3.63) is 48.0 Å². The topological polar surface area (TPSA) is 52.6 Å². The van der Waals surface area contributed by atoms with Crippen molar-refractivity contribution in [3.63, 3.8) is 0 Å². The van der Waals surface area contributed by atoms with Gasteiger partial charge in [-0.2, -0.15) is 13.2 Å². The number of β-amino-alcohol motifs (C(OH)–C–C–N with tert-alkyl or cyclic N) is 1. The molecule has 1 aromatic carbocycles. The predicted molar refractivity (Wildman–Crippen MR) is 84.2 cm³/mol. The molecule has 0 aromatic heterocycles. The van der Waals surface area contributed by atoms with E-state index in [9.17, 15) is 23.1 Å². The molecule has 1 amide bonds. The van der Waals surface area contributed by atoms with Crippen LogP contribution in [0.25, 0.3) is 0 Å². The lowest BCUT2D eigenvalue weighted by Crippen LogP contribution is -2.51. The largest absolute Gasteiger partial charge is 0.416 e. The molecule has 24 heavy (non-hydrogen) atoms. The van der Waals surface area contributed by atoms with Crippen LogP contribution in [0.4, 0.5) is 13.2 Å². The monoisotopic (exact) mass is 342 g/mol. The molecule has 2 rings (SSSR count). The number of nitrogens with one attached hydrogen (secondary N) is 1. The molecule has 2 N–H and O–H groups in total. The molecule has 1 saturated heterocycles. The number of carbonyl (C=O) groups is 1. The maximum absolute atomic E-state index is 12.7. The van der Waals surface area contributed by atoms with Crippen LogP contribution in [0, 0.1) is 0 Å². The van der Waals surface area contributed by atoms with Gasteiger partial charge < -0.3 is 10.4 Å². The van der Waals surface area contributed by atoms with E-state index in [1.807, 2.05) is 0 Å². The van der Waals surface area contributed by atoms with Crippen molar-refractivity contribution in [3.8, 4) is 0 Å². The molecule has 0 aliphatic carbocycles. The summed E-state index contributed by atoms with van der Waals surface area (Å²) in [5.41, 5.74) is -0.267. The summed E-state index contributed by atoms with van der Waals surface area (Å²) in [6.07, 6.45) is -2.13. The van der Waals surface area contributed by atoms with Gasteiger partial charge in [0.05, 0.1) is 11.7 Å². The van der Waals surface area contributed by atoms with Crippen molar-refractivity contribution in [2.75, 3.05) is 19.6 Å². The van der Waals surface area contributed by atoms with Gasteiger partial charge in [0.15, 0.2) is 0 Å². The van der Waals surface area contributed by atoms with Gasteiger partial charge in [0, 0.05) is 19.6 Å². The quantitative estimate of drug-likeness (QED) is 0.781. The highest BCUT2D eigenvalue weighted by Crippen LogP contribution is 2.31. The molecule has 2 atom stereocenters. The molecule has 1 aromatic rings. The molecule has 2 unspecified atom stereocenters. The lowest BCUT2D eigenvalue weighted by molar-refractivity contribution is -0.137. The number of amides is 1. The summed E-state index contributed by atoms with van der Waals surface area (Å²) in [4.78, 5) is 14.0. The maximum Gasteiger partial charge on any atom is 0.416 e. The first-order valence-corrected chi connectivity index (χ1v) is 7.81. The predicted octanol–water partition coefficient (Wildman–Crippen LogP) is 2.51. The molecular formula is C17H21F3N2O2. The number of piperazine rings is 1. The van der Waals surface area contributed by atoms with E-state index in [-0.39, 0.29) is 12.5 Å². The third-order valence-corrected chi connectivity index (χ3v) is 4.01. The van der Waals surface area contributed by atoms with Crippen molar-refractivity contribution in [1.82, 2.24) is 10.2 Å². The van der Waals surface area contributed by atoms with Crippen LogP contribution in [-0.2, 0) is 11.0 Å². The van der Waals surface area contributed by atoms with E-state index in [4.69, 9.17) is 0 Å². The molecule has 0 spiro atoms. The van der Waals surface area contributed by atoms with Crippen molar-refractivity contribution in [1.29, 1.82) is 0 Å². The third-order valence-electron chi connectivity index (χ3n) is 4.01. The van der Waals surface area contributed by atoms with Crippen LogP contribution in [-0.4, -0.2) is 41.7 Å². The van der Waals surface area contributed by atoms with E-state index < -0.39 is 23.9 Å². The fraction of sp³-hybridized carbons (Fsp3) is 0.471. The van der Waals surface area contributed by atoms with Crippen LogP contribution in [0.5, 0.6) is 0 Å². The van der Waals surface area contributed by atoms with Crippen molar-refractivity contribution in [2.24, 2.45) is 0 Å². The Balaban J connectivity index is 2.16. The van der Waals surface area contributed by atoms with E-state index in [0.717, 1.165) is 12.1 Å². The average molecular weight is 342 g/mol.